The highest BCUT2D eigenvalue weighted by Crippen LogP contribution is 2.24. The number of hydrogen-bond acceptors (Lipinski definition) is 5. The molecule has 1 atom stereocenters. The summed E-state index contributed by atoms with van der Waals surface area (Å²) in [6, 6.07) is 15.6. The minimum atomic E-state index is -0.237. The van der Waals surface area contributed by atoms with E-state index >= 15 is 0 Å². The van der Waals surface area contributed by atoms with Crippen LogP contribution in [0.2, 0.25) is 4.34 Å². The summed E-state index contributed by atoms with van der Waals surface area (Å²) < 4.78 is 0.594. The fourth-order valence-corrected chi connectivity index (χ4v) is 3.71. The second-order valence-electron chi connectivity index (χ2n) is 5.97. The molecule has 0 saturated heterocycles. The van der Waals surface area contributed by atoms with Gasteiger partial charge in [-0.15, -0.1) is 11.3 Å². The van der Waals surface area contributed by atoms with Gasteiger partial charge in [0.2, 0.25) is 0 Å². The van der Waals surface area contributed by atoms with E-state index in [0.29, 0.717) is 15.8 Å². The topological polar surface area (TPSA) is 63.2 Å². The molecule has 1 aromatic carbocycles. The molecule has 0 saturated carbocycles. The first-order valence-corrected chi connectivity index (χ1v) is 9.56. The van der Waals surface area contributed by atoms with Gasteiger partial charge >= 0.3 is 0 Å². The summed E-state index contributed by atoms with van der Waals surface area (Å²) in [4.78, 5) is 22.2. The number of rotatable bonds is 5. The molecular formula is C20H16ClN3O2S. The number of benzene rings is 1. The van der Waals surface area contributed by atoms with E-state index in [1.807, 2.05) is 30.3 Å². The number of amides is 1. The molecule has 0 aliphatic carbocycles. The number of aromatic nitrogens is 1. The fourth-order valence-electron chi connectivity index (χ4n) is 2.75. The standard InChI is InChI=1S/C20H16ClN3O2S/c21-19-6-5-18(27-19)20(25)23-12-16-11-17(24-26-16)15-3-1-13(2-4-15)14-7-9-22-10-8-14/h1-11,16,24H,12H2,(H,23,25). The summed E-state index contributed by atoms with van der Waals surface area (Å²) in [6.45, 7) is 0.375. The zero-order valence-electron chi connectivity index (χ0n) is 14.2. The molecule has 1 aliphatic rings. The molecule has 0 spiro atoms. The number of pyridine rings is 1. The lowest BCUT2D eigenvalue weighted by molar-refractivity contribution is 0.0499. The Hall–Kier alpha value is -2.67. The number of nitrogens with one attached hydrogen (secondary N) is 2. The number of carbonyl (C=O) groups excluding carboxylic acids is 1. The molecule has 1 unspecified atom stereocenters. The van der Waals surface area contributed by atoms with Crippen LogP contribution in [0.4, 0.5) is 0 Å². The molecule has 0 radical (unpaired) electrons. The molecule has 27 heavy (non-hydrogen) atoms. The quantitative estimate of drug-likeness (QED) is 0.679. The third-order valence-corrected chi connectivity index (χ3v) is 5.37. The van der Waals surface area contributed by atoms with Crippen molar-refractivity contribution in [2.45, 2.75) is 6.10 Å². The molecule has 1 aliphatic heterocycles. The molecule has 7 heteroatoms. The molecule has 2 N–H and O–H groups in total. The van der Waals surface area contributed by atoms with Crippen LogP contribution in [0, 0.1) is 0 Å². The van der Waals surface area contributed by atoms with Crippen LogP contribution >= 0.6 is 22.9 Å². The SMILES string of the molecule is O=C(NCC1C=C(c2ccc(-c3ccncc3)cc2)NO1)c1ccc(Cl)s1. The smallest absolute Gasteiger partial charge is 0.261 e. The monoisotopic (exact) mass is 397 g/mol. The summed E-state index contributed by atoms with van der Waals surface area (Å²) in [5.74, 6) is -0.154. The van der Waals surface area contributed by atoms with Gasteiger partial charge in [-0.3, -0.25) is 20.1 Å². The van der Waals surface area contributed by atoms with Crippen molar-refractivity contribution in [1.82, 2.24) is 15.8 Å². The van der Waals surface area contributed by atoms with Crippen LogP contribution in [0.25, 0.3) is 16.8 Å². The lowest BCUT2D eigenvalue weighted by Crippen LogP contribution is -2.31. The van der Waals surface area contributed by atoms with E-state index in [1.54, 1.807) is 24.5 Å². The average molecular weight is 398 g/mol. The lowest BCUT2D eigenvalue weighted by Gasteiger charge is -2.08. The van der Waals surface area contributed by atoms with Crippen LogP contribution in [-0.4, -0.2) is 23.5 Å². The number of carbonyl (C=O) groups is 1. The van der Waals surface area contributed by atoms with Gasteiger partial charge < -0.3 is 5.32 Å². The Bertz CT molecular complexity index is 970. The van der Waals surface area contributed by atoms with Crippen LogP contribution in [-0.2, 0) is 4.84 Å². The fraction of sp³-hybridized carbons (Fsp3) is 0.100. The number of halogens is 1. The first kappa shape index (κ1) is 17.7. The van der Waals surface area contributed by atoms with Crippen molar-refractivity contribution in [3.63, 3.8) is 0 Å². The maximum atomic E-state index is 12.1. The summed E-state index contributed by atoms with van der Waals surface area (Å²) >= 11 is 7.11. The van der Waals surface area contributed by atoms with Crippen molar-refractivity contribution in [2.75, 3.05) is 6.54 Å². The van der Waals surface area contributed by atoms with Crippen molar-refractivity contribution in [3.05, 3.63) is 81.8 Å². The molecule has 3 aromatic rings. The molecule has 136 valence electrons. The summed E-state index contributed by atoms with van der Waals surface area (Å²) in [7, 11) is 0. The van der Waals surface area contributed by atoms with E-state index in [0.717, 1.165) is 22.4 Å². The van der Waals surface area contributed by atoms with E-state index in [2.05, 4.69) is 27.9 Å². The molecule has 3 heterocycles. The van der Waals surface area contributed by atoms with E-state index in [-0.39, 0.29) is 12.0 Å². The zero-order valence-corrected chi connectivity index (χ0v) is 15.8. The highest BCUT2D eigenvalue weighted by atomic mass is 35.5. The summed E-state index contributed by atoms with van der Waals surface area (Å²) in [5, 5.41) is 2.85. The van der Waals surface area contributed by atoms with Gasteiger partial charge in [-0.05, 0) is 47.0 Å². The molecule has 2 aromatic heterocycles. The predicted octanol–water partition coefficient (Wildman–Crippen LogP) is 4.14. The minimum absolute atomic E-state index is 0.154. The Kier molecular flexibility index (Phi) is 5.20. The van der Waals surface area contributed by atoms with Crippen molar-refractivity contribution in [3.8, 4) is 11.1 Å². The normalized spacial score (nSPS) is 15.9. The summed E-state index contributed by atoms with van der Waals surface area (Å²) in [6.07, 6.45) is 5.28. The highest BCUT2D eigenvalue weighted by Gasteiger charge is 2.19. The second kappa shape index (κ2) is 7.92. The van der Waals surface area contributed by atoms with Crippen molar-refractivity contribution >= 4 is 34.5 Å². The van der Waals surface area contributed by atoms with E-state index in [9.17, 15) is 4.79 Å². The van der Waals surface area contributed by atoms with Gasteiger partial charge in [0.25, 0.3) is 5.91 Å². The van der Waals surface area contributed by atoms with Gasteiger partial charge in [0.1, 0.15) is 6.10 Å². The van der Waals surface area contributed by atoms with Gasteiger partial charge in [0, 0.05) is 12.4 Å². The Morgan fingerprint density at radius 3 is 2.48 bits per heavy atom. The first-order chi connectivity index (χ1) is 13.2. The second-order valence-corrected chi connectivity index (χ2v) is 7.68. The first-order valence-electron chi connectivity index (χ1n) is 8.37. The van der Waals surface area contributed by atoms with Crippen LogP contribution in [0.3, 0.4) is 0 Å². The third kappa shape index (κ3) is 4.19. The van der Waals surface area contributed by atoms with E-state index < -0.39 is 0 Å². The number of hydroxylamine groups is 1. The van der Waals surface area contributed by atoms with Crippen molar-refractivity contribution in [1.29, 1.82) is 0 Å². The summed E-state index contributed by atoms with van der Waals surface area (Å²) in [5.41, 5.74) is 7.08. The average Bonchev–Trinajstić information content (AvgIpc) is 3.36. The van der Waals surface area contributed by atoms with Gasteiger partial charge in [0.05, 0.1) is 21.5 Å². The highest BCUT2D eigenvalue weighted by molar-refractivity contribution is 7.17. The maximum Gasteiger partial charge on any atom is 0.261 e. The molecule has 1 amide bonds. The Morgan fingerprint density at radius 2 is 1.78 bits per heavy atom. The largest absolute Gasteiger partial charge is 0.348 e. The van der Waals surface area contributed by atoms with Gasteiger partial charge in [0.15, 0.2) is 0 Å². The number of nitrogens with zero attached hydrogens (tertiary/aromatic N) is 1. The third-order valence-electron chi connectivity index (χ3n) is 4.14. The Balaban J connectivity index is 1.38. The Morgan fingerprint density at radius 1 is 1.07 bits per heavy atom. The van der Waals surface area contributed by atoms with E-state index in [4.69, 9.17) is 16.4 Å². The van der Waals surface area contributed by atoms with Crippen LogP contribution in [0.15, 0.2) is 67.0 Å². The zero-order chi connectivity index (χ0) is 18.6. The van der Waals surface area contributed by atoms with Gasteiger partial charge in [-0.2, -0.15) is 0 Å². The van der Waals surface area contributed by atoms with Crippen molar-refractivity contribution < 1.29 is 9.63 Å². The molecule has 5 nitrogen and oxygen atoms in total. The van der Waals surface area contributed by atoms with Crippen LogP contribution < -0.4 is 10.8 Å². The van der Waals surface area contributed by atoms with Gasteiger partial charge in [-0.1, -0.05) is 35.9 Å². The minimum Gasteiger partial charge on any atom is -0.348 e. The number of hydrogen-bond donors (Lipinski definition) is 2. The Labute approximate surface area is 165 Å². The number of thiophene rings is 1. The van der Waals surface area contributed by atoms with Crippen molar-refractivity contribution in [2.24, 2.45) is 0 Å². The van der Waals surface area contributed by atoms with E-state index in [1.165, 1.54) is 11.3 Å². The lowest BCUT2D eigenvalue weighted by atomic mass is 10.0. The maximum absolute atomic E-state index is 12.1. The predicted molar refractivity (Wildman–Crippen MR) is 107 cm³/mol. The molecular weight excluding hydrogens is 382 g/mol. The molecule has 4 rings (SSSR count). The molecule has 0 bridgehead atoms. The van der Waals surface area contributed by atoms with Crippen LogP contribution in [0.5, 0.6) is 0 Å². The van der Waals surface area contributed by atoms with Crippen LogP contribution in [0.1, 0.15) is 15.2 Å². The molecule has 0 fully saturated rings. The van der Waals surface area contributed by atoms with Gasteiger partial charge in [-0.25, -0.2) is 0 Å².